The van der Waals surface area contributed by atoms with Crippen LogP contribution >= 0.6 is 0 Å². The second-order valence-electron chi connectivity index (χ2n) is 7.66. The van der Waals surface area contributed by atoms with E-state index < -0.39 is 0 Å². The van der Waals surface area contributed by atoms with Crippen molar-refractivity contribution < 1.29 is 9.53 Å². The zero-order chi connectivity index (χ0) is 16.4. The molecule has 1 saturated heterocycles. The summed E-state index contributed by atoms with van der Waals surface area (Å²) in [5.74, 6) is -0.0590. The number of unbranched alkanes of at least 4 members (excludes halogenated alkanes) is 6. The maximum atomic E-state index is 11.5. The zero-order valence-electron chi connectivity index (χ0n) is 14.9. The minimum atomic E-state index is -0.351. The number of likely N-dealkylation sites (tertiary alicyclic amines) is 1. The maximum absolute atomic E-state index is 11.5. The molecule has 0 radical (unpaired) electrons. The van der Waals surface area contributed by atoms with E-state index in [2.05, 4.69) is 4.90 Å². The predicted octanol–water partition coefficient (Wildman–Crippen LogP) is 3.48. The van der Waals surface area contributed by atoms with E-state index in [1.165, 1.54) is 45.2 Å². The van der Waals surface area contributed by atoms with Crippen LogP contribution in [0.5, 0.6) is 0 Å². The Bertz CT molecular complexity index is 313. The van der Waals surface area contributed by atoms with Gasteiger partial charge >= 0.3 is 5.97 Å². The van der Waals surface area contributed by atoms with E-state index in [1.807, 2.05) is 20.8 Å². The van der Waals surface area contributed by atoms with Gasteiger partial charge in [0.05, 0.1) is 0 Å². The van der Waals surface area contributed by atoms with Gasteiger partial charge in [-0.25, -0.2) is 0 Å². The molecule has 130 valence electrons. The Morgan fingerprint density at radius 1 is 1.09 bits per heavy atom. The molecule has 0 aliphatic carbocycles. The van der Waals surface area contributed by atoms with Crippen molar-refractivity contribution in [1.29, 1.82) is 0 Å². The average molecular weight is 312 g/mol. The highest BCUT2D eigenvalue weighted by molar-refractivity contribution is 5.69. The smallest absolute Gasteiger partial charge is 0.306 e. The van der Waals surface area contributed by atoms with Gasteiger partial charge in [-0.3, -0.25) is 4.79 Å². The van der Waals surface area contributed by atoms with Crippen LogP contribution in [0.1, 0.15) is 78.6 Å². The fraction of sp³-hybridized carbons (Fsp3) is 0.944. The highest BCUT2D eigenvalue weighted by Gasteiger charge is 2.17. The number of carbonyl (C=O) groups is 1. The van der Waals surface area contributed by atoms with Crippen molar-refractivity contribution >= 4 is 5.97 Å². The molecule has 0 aromatic heterocycles. The number of hydrogen-bond donors (Lipinski definition) is 1. The third-order valence-electron chi connectivity index (χ3n) is 4.08. The van der Waals surface area contributed by atoms with Gasteiger partial charge in [0.25, 0.3) is 0 Å². The maximum Gasteiger partial charge on any atom is 0.306 e. The molecule has 1 atom stereocenters. The third kappa shape index (κ3) is 10.2. The van der Waals surface area contributed by atoms with Crippen LogP contribution in [-0.2, 0) is 9.53 Å². The summed E-state index contributed by atoms with van der Waals surface area (Å²) in [5, 5.41) is 0. The molecule has 1 rings (SSSR count). The Kier molecular flexibility index (Phi) is 9.03. The minimum Gasteiger partial charge on any atom is -0.460 e. The summed E-state index contributed by atoms with van der Waals surface area (Å²) in [4.78, 5) is 14.0. The van der Waals surface area contributed by atoms with Gasteiger partial charge in [-0.1, -0.05) is 32.1 Å². The van der Waals surface area contributed by atoms with Crippen LogP contribution < -0.4 is 5.73 Å². The van der Waals surface area contributed by atoms with Crippen LogP contribution in [0.2, 0.25) is 0 Å². The molecule has 0 spiro atoms. The largest absolute Gasteiger partial charge is 0.460 e. The van der Waals surface area contributed by atoms with Gasteiger partial charge in [-0.05, 0) is 53.1 Å². The molecular formula is C18H36N2O2. The summed E-state index contributed by atoms with van der Waals surface area (Å²) in [6.45, 7) is 9.24. The van der Waals surface area contributed by atoms with Crippen LogP contribution in [0.4, 0.5) is 0 Å². The van der Waals surface area contributed by atoms with Crippen LogP contribution in [0, 0.1) is 0 Å². The highest BCUT2D eigenvalue weighted by atomic mass is 16.6. The van der Waals surface area contributed by atoms with Crippen LogP contribution in [0.25, 0.3) is 0 Å². The standard InChI is InChI=1S/C18H36N2O2/c1-18(2,3)22-17(21)11-9-7-5-4-6-8-10-13-20-14-12-16(19)15-20/h16H,4-15,19H2,1-3H3/t16-/m1/s1. The second-order valence-corrected chi connectivity index (χ2v) is 7.66. The molecule has 0 bridgehead atoms. The molecule has 1 aliphatic rings. The quantitative estimate of drug-likeness (QED) is 0.495. The van der Waals surface area contributed by atoms with Crippen molar-refractivity contribution in [2.45, 2.75) is 90.2 Å². The van der Waals surface area contributed by atoms with Crippen molar-refractivity contribution in [1.82, 2.24) is 4.90 Å². The monoisotopic (exact) mass is 312 g/mol. The van der Waals surface area contributed by atoms with E-state index in [0.29, 0.717) is 12.5 Å². The molecule has 0 aromatic carbocycles. The zero-order valence-corrected chi connectivity index (χ0v) is 14.9. The molecule has 0 amide bonds. The summed E-state index contributed by atoms with van der Waals surface area (Å²) in [6, 6.07) is 0.407. The number of carbonyl (C=O) groups excluding carboxylic acids is 1. The van der Waals surface area contributed by atoms with Gasteiger partial charge in [0.1, 0.15) is 5.60 Å². The Balaban J connectivity index is 1.83. The van der Waals surface area contributed by atoms with Gasteiger partial charge < -0.3 is 15.4 Å². The Morgan fingerprint density at radius 3 is 2.23 bits per heavy atom. The second kappa shape index (κ2) is 10.2. The minimum absolute atomic E-state index is 0.0590. The summed E-state index contributed by atoms with van der Waals surface area (Å²) in [7, 11) is 0. The molecule has 0 aromatic rings. The lowest BCUT2D eigenvalue weighted by Crippen LogP contribution is -2.27. The first-order chi connectivity index (χ1) is 10.4. The number of rotatable bonds is 10. The summed E-state index contributed by atoms with van der Waals surface area (Å²) in [6.07, 6.45) is 10.3. The number of ether oxygens (including phenoxy) is 1. The van der Waals surface area contributed by atoms with E-state index in [1.54, 1.807) is 0 Å². The van der Waals surface area contributed by atoms with Crippen molar-refractivity contribution in [2.75, 3.05) is 19.6 Å². The van der Waals surface area contributed by atoms with Crippen LogP contribution in [-0.4, -0.2) is 42.1 Å². The summed E-state index contributed by atoms with van der Waals surface area (Å²) in [5.41, 5.74) is 5.55. The van der Waals surface area contributed by atoms with Gasteiger partial charge in [-0.2, -0.15) is 0 Å². The Hall–Kier alpha value is -0.610. The molecule has 0 unspecified atom stereocenters. The molecule has 1 aliphatic heterocycles. The fourth-order valence-corrected chi connectivity index (χ4v) is 2.95. The van der Waals surface area contributed by atoms with Gasteiger partial charge in [0.2, 0.25) is 0 Å². The van der Waals surface area contributed by atoms with Gasteiger partial charge in [0.15, 0.2) is 0 Å². The first kappa shape index (κ1) is 19.4. The van der Waals surface area contributed by atoms with Crippen molar-refractivity contribution in [3.8, 4) is 0 Å². The van der Waals surface area contributed by atoms with E-state index in [9.17, 15) is 4.79 Å². The lowest BCUT2D eigenvalue weighted by molar-refractivity contribution is -0.154. The molecule has 22 heavy (non-hydrogen) atoms. The topological polar surface area (TPSA) is 55.6 Å². The van der Waals surface area contributed by atoms with Gasteiger partial charge in [-0.15, -0.1) is 0 Å². The number of nitrogens with zero attached hydrogens (tertiary/aromatic N) is 1. The first-order valence-corrected chi connectivity index (χ1v) is 9.06. The molecule has 1 fully saturated rings. The number of nitrogens with two attached hydrogens (primary N) is 1. The highest BCUT2D eigenvalue weighted by Crippen LogP contribution is 2.13. The molecular weight excluding hydrogens is 276 g/mol. The molecule has 2 N–H and O–H groups in total. The predicted molar refractivity (Wildman–Crippen MR) is 91.8 cm³/mol. The van der Waals surface area contributed by atoms with Crippen LogP contribution in [0.15, 0.2) is 0 Å². The number of esters is 1. The van der Waals surface area contributed by atoms with E-state index >= 15 is 0 Å². The van der Waals surface area contributed by atoms with Gasteiger partial charge in [0, 0.05) is 19.0 Å². The Labute approximate surface area is 136 Å². The number of hydrogen-bond acceptors (Lipinski definition) is 4. The SMILES string of the molecule is CC(C)(C)OC(=O)CCCCCCCCCN1CC[C@@H](N)C1. The molecule has 0 saturated carbocycles. The lowest BCUT2D eigenvalue weighted by Gasteiger charge is -2.19. The first-order valence-electron chi connectivity index (χ1n) is 9.06. The van der Waals surface area contributed by atoms with Crippen molar-refractivity contribution in [3.63, 3.8) is 0 Å². The molecule has 4 nitrogen and oxygen atoms in total. The summed E-state index contributed by atoms with van der Waals surface area (Å²) < 4.78 is 5.30. The fourth-order valence-electron chi connectivity index (χ4n) is 2.95. The van der Waals surface area contributed by atoms with E-state index in [-0.39, 0.29) is 11.6 Å². The summed E-state index contributed by atoms with van der Waals surface area (Å²) >= 11 is 0. The average Bonchev–Trinajstić information content (AvgIpc) is 2.80. The lowest BCUT2D eigenvalue weighted by atomic mass is 10.1. The van der Waals surface area contributed by atoms with E-state index in [0.717, 1.165) is 25.8 Å². The third-order valence-corrected chi connectivity index (χ3v) is 4.08. The van der Waals surface area contributed by atoms with Crippen molar-refractivity contribution in [3.05, 3.63) is 0 Å². The molecule has 1 heterocycles. The van der Waals surface area contributed by atoms with E-state index in [4.69, 9.17) is 10.5 Å². The van der Waals surface area contributed by atoms with Crippen molar-refractivity contribution in [2.24, 2.45) is 5.73 Å². The molecule has 4 heteroatoms. The van der Waals surface area contributed by atoms with Crippen LogP contribution in [0.3, 0.4) is 0 Å². The normalized spacial score (nSPS) is 19.5. The Morgan fingerprint density at radius 2 is 1.68 bits per heavy atom.